The Kier molecular flexibility index (Phi) is 6.04. The normalized spacial score (nSPS) is 11.1. The van der Waals surface area contributed by atoms with Crippen molar-refractivity contribution in [1.82, 2.24) is 4.98 Å². The Morgan fingerprint density at radius 2 is 1.84 bits per heavy atom. The first kappa shape index (κ1) is 20.7. The minimum atomic E-state index is -0.238. The van der Waals surface area contributed by atoms with Gasteiger partial charge in [-0.2, -0.15) is 0 Å². The zero-order valence-corrected chi connectivity index (χ0v) is 18.5. The van der Waals surface area contributed by atoms with E-state index in [4.69, 9.17) is 13.9 Å². The molecule has 0 aliphatic heterocycles. The Balaban J connectivity index is 1.49. The fraction of sp³-hybridized carbons (Fsp3) is 0.0833. The van der Waals surface area contributed by atoms with Crippen LogP contribution in [0.3, 0.4) is 0 Å². The molecule has 0 fully saturated rings. The second kappa shape index (κ2) is 9.06. The molecule has 0 aliphatic rings. The van der Waals surface area contributed by atoms with Crippen molar-refractivity contribution in [2.45, 2.75) is 0 Å². The van der Waals surface area contributed by atoms with E-state index in [1.54, 1.807) is 38.5 Å². The number of halogens is 1. The fourth-order valence-electron chi connectivity index (χ4n) is 3.00. The maximum Gasteiger partial charge on any atom is 0.248 e. The summed E-state index contributed by atoms with van der Waals surface area (Å²) in [6.07, 6.45) is 3.22. The molecule has 1 amide bonds. The van der Waals surface area contributed by atoms with Crippen LogP contribution in [0.25, 0.3) is 28.6 Å². The second-order valence-corrected chi connectivity index (χ2v) is 7.50. The Hall–Kier alpha value is -3.58. The van der Waals surface area contributed by atoms with Gasteiger partial charge in [-0.05, 0) is 76.1 Å². The van der Waals surface area contributed by atoms with Gasteiger partial charge in [0.15, 0.2) is 5.58 Å². The quantitative estimate of drug-likeness (QED) is 0.347. The maximum absolute atomic E-state index is 12.3. The largest absolute Gasteiger partial charge is 0.497 e. The number of anilines is 1. The number of ether oxygens (including phenoxy) is 2. The number of carbonyl (C=O) groups is 1. The molecule has 0 aliphatic carbocycles. The van der Waals surface area contributed by atoms with Gasteiger partial charge in [0.25, 0.3) is 0 Å². The molecule has 4 aromatic rings. The summed E-state index contributed by atoms with van der Waals surface area (Å²) in [6, 6.07) is 18.4. The van der Waals surface area contributed by atoms with E-state index in [0.29, 0.717) is 22.7 Å². The number of fused-ring (bicyclic) bond motifs is 1. The van der Waals surface area contributed by atoms with Crippen molar-refractivity contribution in [3.05, 3.63) is 76.8 Å². The Bertz CT molecular complexity index is 1260. The van der Waals surface area contributed by atoms with Crippen molar-refractivity contribution in [2.75, 3.05) is 19.5 Å². The molecule has 0 radical (unpaired) electrons. The predicted octanol–water partition coefficient (Wildman–Crippen LogP) is 5.93. The number of hydrogen-bond acceptors (Lipinski definition) is 5. The molecular formula is C24H19BrN2O4. The van der Waals surface area contributed by atoms with E-state index < -0.39 is 0 Å². The van der Waals surface area contributed by atoms with Crippen molar-refractivity contribution in [3.63, 3.8) is 0 Å². The molecule has 0 spiro atoms. The van der Waals surface area contributed by atoms with Gasteiger partial charge in [-0.1, -0.05) is 12.1 Å². The first-order valence-electron chi connectivity index (χ1n) is 9.43. The lowest BCUT2D eigenvalue weighted by Crippen LogP contribution is -2.07. The molecule has 1 heterocycles. The van der Waals surface area contributed by atoms with Crippen molar-refractivity contribution >= 4 is 44.7 Å². The molecule has 7 heteroatoms. The van der Waals surface area contributed by atoms with Gasteiger partial charge in [-0.3, -0.25) is 4.79 Å². The highest BCUT2D eigenvalue weighted by Gasteiger charge is 2.11. The summed E-state index contributed by atoms with van der Waals surface area (Å²) < 4.78 is 17.1. The van der Waals surface area contributed by atoms with Crippen molar-refractivity contribution in [3.8, 4) is 23.0 Å². The molecule has 0 saturated carbocycles. The molecule has 156 valence electrons. The van der Waals surface area contributed by atoms with E-state index in [2.05, 4.69) is 26.2 Å². The lowest BCUT2D eigenvalue weighted by Gasteiger charge is -2.03. The zero-order chi connectivity index (χ0) is 21.8. The van der Waals surface area contributed by atoms with Crippen LogP contribution in [-0.4, -0.2) is 25.1 Å². The number of methoxy groups -OCH3 is 2. The van der Waals surface area contributed by atoms with Gasteiger partial charge in [-0.15, -0.1) is 0 Å². The summed E-state index contributed by atoms with van der Waals surface area (Å²) in [5.74, 6) is 1.75. The lowest BCUT2D eigenvalue weighted by molar-refractivity contribution is -0.111. The lowest BCUT2D eigenvalue weighted by atomic mass is 10.2. The number of aromatic nitrogens is 1. The number of carbonyl (C=O) groups excluding carboxylic acids is 1. The number of amides is 1. The molecule has 0 atom stereocenters. The van der Waals surface area contributed by atoms with Crippen LogP contribution in [0.15, 0.2) is 75.6 Å². The van der Waals surface area contributed by atoms with Gasteiger partial charge in [0.05, 0.1) is 18.7 Å². The van der Waals surface area contributed by atoms with Crippen molar-refractivity contribution in [2.24, 2.45) is 0 Å². The van der Waals surface area contributed by atoms with Crippen LogP contribution in [0.2, 0.25) is 0 Å². The van der Waals surface area contributed by atoms with Crippen molar-refractivity contribution < 1.29 is 18.7 Å². The molecule has 31 heavy (non-hydrogen) atoms. The van der Waals surface area contributed by atoms with Crippen LogP contribution >= 0.6 is 15.9 Å². The highest BCUT2D eigenvalue weighted by Crippen LogP contribution is 2.32. The Labute approximate surface area is 187 Å². The molecular weight excluding hydrogens is 460 g/mol. The summed E-state index contributed by atoms with van der Waals surface area (Å²) in [7, 11) is 3.23. The van der Waals surface area contributed by atoms with Crippen LogP contribution in [-0.2, 0) is 4.79 Å². The topological polar surface area (TPSA) is 73.6 Å². The van der Waals surface area contributed by atoms with E-state index in [0.717, 1.165) is 27.1 Å². The number of nitrogens with one attached hydrogen (secondary N) is 1. The van der Waals surface area contributed by atoms with E-state index >= 15 is 0 Å². The van der Waals surface area contributed by atoms with Crippen molar-refractivity contribution in [1.29, 1.82) is 0 Å². The monoisotopic (exact) mass is 478 g/mol. The van der Waals surface area contributed by atoms with Crippen LogP contribution in [0.4, 0.5) is 5.69 Å². The average Bonchev–Trinajstić information content (AvgIpc) is 3.21. The molecule has 4 rings (SSSR count). The molecule has 1 N–H and O–H groups in total. The molecule has 0 saturated heterocycles. The standard InChI is InChI=1S/C24H19BrN2O4/c1-29-18-8-3-15(4-9-18)5-12-23(28)26-17-7-11-22-20(14-17)27-24(31-22)16-6-10-21(30-2)19(25)13-16/h3-14H,1-2H3,(H,26,28)/b12-5-. The molecule has 3 aromatic carbocycles. The number of oxazole rings is 1. The second-order valence-electron chi connectivity index (χ2n) is 6.65. The summed E-state index contributed by atoms with van der Waals surface area (Å²) in [4.78, 5) is 16.8. The van der Waals surface area contributed by atoms with Gasteiger partial charge < -0.3 is 19.2 Å². The third-order valence-electron chi connectivity index (χ3n) is 4.60. The minimum absolute atomic E-state index is 0.238. The summed E-state index contributed by atoms with van der Waals surface area (Å²) in [6.45, 7) is 0. The number of rotatable bonds is 6. The third kappa shape index (κ3) is 4.78. The first-order valence-corrected chi connectivity index (χ1v) is 10.2. The molecule has 1 aromatic heterocycles. The van der Waals surface area contributed by atoms with Gasteiger partial charge in [0.1, 0.15) is 17.0 Å². The fourth-order valence-corrected chi connectivity index (χ4v) is 3.54. The average molecular weight is 479 g/mol. The third-order valence-corrected chi connectivity index (χ3v) is 5.22. The maximum atomic E-state index is 12.3. The van der Waals surface area contributed by atoms with Gasteiger partial charge in [-0.25, -0.2) is 4.98 Å². The van der Waals surface area contributed by atoms with Crippen LogP contribution in [0.1, 0.15) is 5.56 Å². The highest BCUT2D eigenvalue weighted by atomic mass is 79.9. The summed E-state index contributed by atoms with van der Waals surface area (Å²) in [5, 5.41) is 2.84. The van der Waals surface area contributed by atoms with Gasteiger partial charge in [0.2, 0.25) is 11.8 Å². The number of hydrogen-bond donors (Lipinski definition) is 1. The number of nitrogens with zero attached hydrogens (tertiary/aromatic N) is 1. The van der Waals surface area contributed by atoms with E-state index in [9.17, 15) is 4.79 Å². The number of benzene rings is 3. The zero-order valence-electron chi connectivity index (χ0n) is 16.9. The van der Waals surface area contributed by atoms with Gasteiger partial charge in [0, 0.05) is 17.3 Å². The Morgan fingerprint density at radius 3 is 2.55 bits per heavy atom. The van der Waals surface area contributed by atoms with Crippen LogP contribution in [0, 0.1) is 0 Å². The Morgan fingerprint density at radius 1 is 1.03 bits per heavy atom. The molecule has 6 nitrogen and oxygen atoms in total. The van der Waals surface area contributed by atoms with Crippen LogP contribution in [0.5, 0.6) is 11.5 Å². The first-order chi connectivity index (χ1) is 15.1. The summed E-state index contributed by atoms with van der Waals surface area (Å²) in [5.41, 5.74) is 3.63. The predicted molar refractivity (Wildman–Crippen MR) is 124 cm³/mol. The van der Waals surface area contributed by atoms with Gasteiger partial charge >= 0.3 is 0 Å². The van der Waals surface area contributed by atoms with E-state index in [1.807, 2.05) is 42.5 Å². The SMILES string of the molecule is COc1ccc(/C=C\C(=O)Nc2ccc3oc(-c4ccc(OC)c(Br)c4)nc3c2)cc1. The smallest absolute Gasteiger partial charge is 0.248 e. The molecule has 0 bridgehead atoms. The van der Waals surface area contributed by atoms with E-state index in [-0.39, 0.29) is 5.91 Å². The minimum Gasteiger partial charge on any atom is -0.497 e. The highest BCUT2D eigenvalue weighted by molar-refractivity contribution is 9.10. The van der Waals surface area contributed by atoms with Crippen LogP contribution < -0.4 is 14.8 Å². The molecule has 0 unspecified atom stereocenters. The summed E-state index contributed by atoms with van der Waals surface area (Å²) >= 11 is 3.47. The van der Waals surface area contributed by atoms with E-state index in [1.165, 1.54) is 6.08 Å².